The van der Waals surface area contributed by atoms with Crippen molar-refractivity contribution in [1.82, 2.24) is 14.3 Å². The SMILES string of the molecule is CCn1cc(N)cc1C(=O)Nc1ccnn1C. The quantitative estimate of drug-likeness (QED) is 0.832. The van der Waals surface area contributed by atoms with E-state index in [9.17, 15) is 4.79 Å². The summed E-state index contributed by atoms with van der Waals surface area (Å²) in [6, 6.07) is 3.40. The van der Waals surface area contributed by atoms with Gasteiger partial charge in [-0.3, -0.25) is 9.48 Å². The summed E-state index contributed by atoms with van der Waals surface area (Å²) in [5.41, 5.74) is 6.81. The largest absolute Gasteiger partial charge is 0.397 e. The van der Waals surface area contributed by atoms with Crippen LogP contribution in [0.3, 0.4) is 0 Å². The summed E-state index contributed by atoms with van der Waals surface area (Å²) in [6.45, 7) is 2.66. The Morgan fingerprint density at radius 3 is 2.94 bits per heavy atom. The van der Waals surface area contributed by atoms with Crippen LogP contribution in [-0.2, 0) is 13.6 Å². The Balaban J connectivity index is 2.23. The van der Waals surface area contributed by atoms with Gasteiger partial charge in [0, 0.05) is 25.9 Å². The highest BCUT2D eigenvalue weighted by atomic mass is 16.2. The fourth-order valence-corrected chi connectivity index (χ4v) is 1.66. The lowest BCUT2D eigenvalue weighted by Crippen LogP contribution is -2.18. The number of nitrogen functional groups attached to an aromatic ring is 1. The summed E-state index contributed by atoms with van der Waals surface area (Å²) in [5, 5.41) is 6.76. The Morgan fingerprint density at radius 1 is 1.59 bits per heavy atom. The van der Waals surface area contributed by atoms with E-state index in [1.807, 2.05) is 6.92 Å². The van der Waals surface area contributed by atoms with Crippen molar-refractivity contribution < 1.29 is 4.79 Å². The normalized spacial score (nSPS) is 10.5. The van der Waals surface area contributed by atoms with Crippen molar-refractivity contribution in [2.75, 3.05) is 11.1 Å². The molecule has 3 N–H and O–H groups in total. The van der Waals surface area contributed by atoms with Gasteiger partial charge in [-0.05, 0) is 13.0 Å². The third-order valence-corrected chi connectivity index (χ3v) is 2.55. The van der Waals surface area contributed by atoms with Gasteiger partial charge in [-0.2, -0.15) is 5.10 Å². The Kier molecular flexibility index (Phi) is 2.86. The van der Waals surface area contributed by atoms with E-state index in [-0.39, 0.29) is 5.91 Å². The summed E-state index contributed by atoms with van der Waals surface area (Å²) in [7, 11) is 1.77. The Hall–Kier alpha value is -2.24. The van der Waals surface area contributed by atoms with E-state index >= 15 is 0 Å². The van der Waals surface area contributed by atoms with Crippen LogP contribution < -0.4 is 11.1 Å². The highest BCUT2D eigenvalue weighted by molar-refractivity contribution is 6.03. The van der Waals surface area contributed by atoms with Crippen LogP contribution in [0.25, 0.3) is 0 Å². The van der Waals surface area contributed by atoms with Crippen molar-refractivity contribution >= 4 is 17.4 Å². The summed E-state index contributed by atoms with van der Waals surface area (Å²) < 4.78 is 3.40. The zero-order valence-electron chi connectivity index (χ0n) is 9.84. The second-order valence-corrected chi connectivity index (χ2v) is 3.74. The summed E-state index contributed by atoms with van der Waals surface area (Å²) in [4.78, 5) is 12.0. The average Bonchev–Trinajstić information content (AvgIpc) is 2.85. The molecule has 0 aliphatic rings. The van der Waals surface area contributed by atoms with Crippen LogP contribution in [-0.4, -0.2) is 20.3 Å². The number of nitrogens with zero attached hydrogens (tertiary/aromatic N) is 3. The van der Waals surface area contributed by atoms with E-state index in [4.69, 9.17) is 5.73 Å². The molecule has 0 bridgehead atoms. The molecule has 0 aliphatic carbocycles. The molecule has 0 saturated carbocycles. The number of carbonyl (C=O) groups is 1. The highest BCUT2D eigenvalue weighted by Crippen LogP contribution is 2.13. The third-order valence-electron chi connectivity index (χ3n) is 2.55. The van der Waals surface area contributed by atoms with Gasteiger partial charge in [0.1, 0.15) is 11.5 Å². The molecule has 2 heterocycles. The van der Waals surface area contributed by atoms with Crippen molar-refractivity contribution in [2.45, 2.75) is 13.5 Å². The van der Waals surface area contributed by atoms with Crippen LogP contribution in [0.2, 0.25) is 0 Å². The van der Waals surface area contributed by atoms with Crippen LogP contribution >= 0.6 is 0 Å². The second kappa shape index (κ2) is 4.32. The van der Waals surface area contributed by atoms with Crippen LogP contribution in [0.1, 0.15) is 17.4 Å². The molecule has 6 nitrogen and oxygen atoms in total. The first-order chi connectivity index (χ1) is 8.11. The number of hydrogen-bond acceptors (Lipinski definition) is 3. The van der Waals surface area contributed by atoms with E-state index < -0.39 is 0 Å². The van der Waals surface area contributed by atoms with Crippen LogP contribution in [0, 0.1) is 0 Å². The predicted octanol–water partition coefficient (Wildman–Crippen LogP) is 1.08. The van der Waals surface area contributed by atoms with Crippen LogP contribution in [0.5, 0.6) is 0 Å². The zero-order chi connectivity index (χ0) is 12.4. The van der Waals surface area contributed by atoms with Crippen molar-refractivity contribution in [3.8, 4) is 0 Å². The molecular formula is C11H15N5O. The lowest BCUT2D eigenvalue weighted by Gasteiger charge is -2.07. The van der Waals surface area contributed by atoms with Gasteiger partial charge in [0.15, 0.2) is 0 Å². The number of nitrogens with one attached hydrogen (secondary N) is 1. The number of aromatic nitrogens is 3. The number of hydrogen-bond donors (Lipinski definition) is 2. The van der Waals surface area contributed by atoms with Crippen molar-refractivity contribution in [3.63, 3.8) is 0 Å². The Bertz CT molecular complexity index is 540. The van der Waals surface area contributed by atoms with E-state index in [0.717, 1.165) is 0 Å². The zero-order valence-corrected chi connectivity index (χ0v) is 9.84. The van der Waals surface area contributed by atoms with Gasteiger partial charge >= 0.3 is 0 Å². The molecular weight excluding hydrogens is 218 g/mol. The Labute approximate surface area is 99.0 Å². The van der Waals surface area contributed by atoms with E-state index in [1.165, 1.54) is 0 Å². The molecule has 17 heavy (non-hydrogen) atoms. The molecule has 0 saturated heterocycles. The van der Waals surface area contributed by atoms with Crippen LogP contribution in [0.15, 0.2) is 24.5 Å². The molecule has 0 unspecified atom stereocenters. The van der Waals surface area contributed by atoms with E-state index in [1.54, 1.807) is 40.8 Å². The number of aryl methyl sites for hydroxylation is 2. The minimum atomic E-state index is -0.188. The van der Waals surface area contributed by atoms with Crippen molar-refractivity contribution in [1.29, 1.82) is 0 Å². The van der Waals surface area contributed by atoms with Gasteiger partial charge in [-0.1, -0.05) is 0 Å². The minimum Gasteiger partial charge on any atom is -0.397 e. The van der Waals surface area contributed by atoms with Gasteiger partial charge in [0.25, 0.3) is 5.91 Å². The average molecular weight is 233 g/mol. The molecule has 2 aromatic heterocycles. The van der Waals surface area contributed by atoms with Gasteiger partial charge in [0.2, 0.25) is 0 Å². The van der Waals surface area contributed by atoms with E-state index in [2.05, 4.69) is 10.4 Å². The number of rotatable bonds is 3. The first kappa shape index (κ1) is 11.3. The molecule has 6 heteroatoms. The van der Waals surface area contributed by atoms with Gasteiger partial charge in [-0.15, -0.1) is 0 Å². The number of anilines is 2. The molecule has 0 spiro atoms. The fraction of sp³-hybridized carbons (Fsp3) is 0.273. The summed E-state index contributed by atoms with van der Waals surface area (Å²) in [5.74, 6) is 0.463. The second-order valence-electron chi connectivity index (χ2n) is 3.74. The van der Waals surface area contributed by atoms with E-state index in [0.29, 0.717) is 23.7 Å². The van der Waals surface area contributed by atoms with Crippen molar-refractivity contribution in [2.24, 2.45) is 7.05 Å². The third kappa shape index (κ3) is 2.15. The van der Waals surface area contributed by atoms with Crippen LogP contribution in [0.4, 0.5) is 11.5 Å². The molecule has 90 valence electrons. The van der Waals surface area contributed by atoms with Gasteiger partial charge < -0.3 is 15.6 Å². The maximum atomic E-state index is 12.0. The molecule has 0 aliphatic heterocycles. The Morgan fingerprint density at radius 2 is 2.35 bits per heavy atom. The number of carbonyl (C=O) groups excluding carboxylic acids is 1. The summed E-state index contributed by atoms with van der Waals surface area (Å²) >= 11 is 0. The molecule has 0 radical (unpaired) electrons. The molecule has 2 rings (SSSR count). The molecule has 2 aromatic rings. The standard InChI is InChI=1S/C11H15N5O/c1-3-16-7-8(12)6-9(16)11(17)14-10-4-5-13-15(10)2/h4-7H,3,12H2,1-2H3,(H,14,17). The fourth-order valence-electron chi connectivity index (χ4n) is 1.66. The monoisotopic (exact) mass is 233 g/mol. The summed E-state index contributed by atoms with van der Waals surface area (Å²) in [6.07, 6.45) is 3.38. The lowest BCUT2D eigenvalue weighted by atomic mass is 10.3. The van der Waals surface area contributed by atoms with Gasteiger partial charge in [-0.25, -0.2) is 0 Å². The topological polar surface area (TPSA) is 77.9 Å². The first-order valence-electron chi connectivity index (χ1n) is 5.36. The van der Waals surface area contributed by atoms with Gasteiger partial charge in [0.05, 0.1) is 11.9 Å². The smallest absolute Gasteiger partial charge is 0.273 e. The van der Waals surface area contributed by atoms with Crippen molar-refractivity contribution in [3.05, 3.63) is 30.2 Å². The molecule has 0 fully saturated rings. The molecule has 0 aromatic carbocycles. The minimum absolute atomic E-state index is 0.188. The molecule has 0 atom stereocenters. The first-order valence-corrected chi connectivity index (χ1v) is 5.36. The maximum absolute atomic E-state index is 12.0. The number of amides is 1. The lowest BCUT2D eigenvalue weighted by molar-refractivity contribution is 0.101. The predicted molar refractivity (Wildman–Crippen MR) is 65.7 cm³/mol. The maximum Gasteiger partial charge on any atom is 0.273 e. The molecule has 1 amide bonds. The number of nitrogens with two attached hydrogens (primary N) is 1. The highest BCUT2D eigenvalue weighted by Gasteiger charge is 2.13.